The molecule has 2 aliphatic rings. The van der Waals surface area contributed by atoms with Gasteiger partial charge in [-0.25, -0.2) is 0 Å². The number of carbonyl (C=O) groups excluding carboxylic acids is 2. The summed E-state index contributed by atoms with van der Waals surface area (Å²) in [5.41, 5.74) is 3.05. The Hall–Kier alpha value is -3.45. The van der Waals surface area contributed by atoms with Crippen molar-refractivity contribution in [3.63, 3.8) is 0 Å². The second-order valence-corrected chi connectivity index (χ2v) is 8.33. The summed E-state index contributed by atoms with van der Waals surface area (Å²) in [5.74, 6) is -2.22. The molecule has 8 heteroatoms. The molecule has 0 radical (unpaired) electrons. The Bertz CT molecular complexity index is 1160. The lowest BCUT2D eigenvalue weighted by Crippen LogP contribution is -2.42. The smallest absolute Gasteiger partial charge is 0.315 e. The van der Waals surface area contributed by atoms with E-state index in [4.69, 9.17) is 16.3 Å². The largest absolute Gasteiger partial charge is 0.468 e. The highest BCUT2D eigenvalue weighted by Crippen LogP contribution is 2.47. The van der Waals surface area contributed by atoms with Crippen LogP contribution in [0.2, 0.25) is 5.02 Å². The first-order valence-corrected chi connectivity index (χ1v) is 10.5. The minimum atomic E-state index is -0.832. The lowest BCUT2D eigenvalue weighted by Gasteiger charge is -2.40. The van der Waals surface area contributed by atoms with Crippen LogP contribution in [0, 0.1) is 16.0 Å². The fraction of sp³-hybridized carbons (Fsp3) is 0.250. The van der Waals surface area contributed by atoms with Crippen molar-refractivity contribution in [3.05, 3.63) is 98.3 Å². The van der Waals surface area contributed by atoms with Gasteiger partial charge in [0.15, 0.2) is 5.78 Å². The first-order chi connectivity index (χ1) is 15.3. The SMILES string of the molecule is C=C1NC2=C(C(=O)CC(c3ccccc3Cl)C2)C(c2ccc([N+](=O)[O-])cc2)C1C(=O)OC. The quantitative estimate of drug-likeness (QED) is 0.412. The second kappa shape index (κ2) is 8.59. The Morgan fingerprint density at radius 2 is 1.88 bits per heavy atom. The van der Waals surface area contributed by atoms with Gasteiger partial charge in [-0.1, -0.05) is 48.5 Å². The van der Waals surface area contributed by atoms with Crippen molar-refractivity contribution in [1.82, 2.24) is 5.32 Å². The molecular weight excluding hydrogens is 432 g/mol. The summed E-state index contributed by atoms with van der Waals surface area (Å²) in [4.78, 5) is 36.7. The van der Waals surface area contributed by atoms with Crippen molar-refractivity contribution in [2.24, 2.45) is 5.92 Å². The van der Waals surface area contributed by atoms with Crippen LogP contribution < -0.4 is 5.32 Å². The average molecular weight is 453 g/mol. The van der Waals surface area contributed by atoms with Crippen LogP contribution in [0.3, 0.4) is 0 Å². The van der Waals surface area contributed by atoms with Crippen LogP contribution >= 0.6 is 11.6 Å². The molecule has 1 heterocycles. The van der Waals surface area contributed by atoms with Crippen molar-refractivity contribution >= 4 is 29.0 Å². The number of ketones is 1. The van der Waals surface area contributed by atoms with Crippen LogP contribution in [0.15, 0.2) is 72.1 Å². The second-order valence-electron chi connectivity index (χ2n) is 7.92. The molecule has 3 unspecified atom stereocenters. The van der Waals surface area contributed by atoms with E-state index in [1.165, 1.54) is 19.2 Å². The molecule has 0 aromatic heterocycles. The van der Waals surface area contributed by atoms with E-state index in [0.717, 1.165) is 5.56 Å². The van der Waals surface area contributed by atoms with Gasteiger partial charge in [-0.15, -0.1) is 0 Å². The lowest BCUT2D eigenvalue weighted by atomic mass is 9.69. The van der Waals surface area contributed by atoms with Gasteiger partial charge in [0.2, 0.25) is 0 Å². The fourth-order valence-corrected chi connectivity index (χ4v) is 4.93. The molecule has 4 rings (SSSR count). The topological polar surface area (TPSA) is 98.5 Å². The number of halogens is 1. The average Bonchev–Trinajstić information content (AvgIpc) is 2.78. The molecule has 0 spiro atoms. The highest BCUT2D eigenvalue weighted by atomic mass is 35.5. The maximum absolute atomic E-state index is 13.4. The van der Waals surface area contributed by atoms with Crippen LogP contribution in [0.1, 0.15) is 35.8 Å². The van der Waals surface area contributed by atoms with Gasteiger partial charge in [0.05, 0.1) is 12.0 Å². The zero-order chi connectivity index (χ0) is 23.0. The maximum Gasteiger partial charge on any atom is 0.315 e. The number of methoxy groups -OCH3 is 1. The number of nitrogens with zero attached hydrogens (tertiary/aromatic N) is 1. The first-order valence-electron chi connectivity index (χ1n) is 10.1. The highest BCUT2D eigenvalue weighted by Gasteiger charge is 2.45. The van der Waals surface area contributed by atoms with Gasteiger partial charge >= 0.3 is 5.97 Å². The van der Waals surface area contributed by atoms with Gasteiger partial charge in [0, 0.05) is 46.5 Å². The van der Waals surface area contributed by atoms with Crippen LogP contribution in [0.4, 0.5) is 5.69 Å². The number of carbonyl (C=O) groups is 2. The number of benzene rings is 2. The van der Waals surface area contributed by atoms with E-state index in [1.54, 1.807) is 18.2 Å². The van der Waals surface area contributed by atoms with E-state index >= 15 is 0 Å². The summed E-state index contributed by atoms with van der Waals surface area (Å²) in [6.07, 6.45) is 0.773. The molecule has 0 bridgehead atoms. The standard InChI is InChI=1S/C24H21ClN2O5/c1-13-21(24(29)32-2)22(14-7-9-16(10-8-14)27(30)31)23-19(26-13)11-15(12-20(23)28)17-5-3-4-6-18(17)25/h3-10,15,21-22,26H,1,11-12H2,2H3. The van der Waals surface area contributed by atoms with Gasteiger partial charge in [-0.05, 0) is 29.5 Å². The number of Topliss-reactive ketones (excluding diaryl/α,β-unsaturated/α-hetero) is 1. The summed E-state index contributed by atoms with van der Waals surface area (Å²) >= 11 is 6.38. The van der Waals surface area contributed by atoms with Crippen molar-refractivity contribution < 1.29 is 19.2 Å². The fourth-order valence-electron chi connectivity index (χ4n) is 4.64. The Balaban J connectivity index is 1.81. The molecule has 164 valence electrons. The zero-order valence-corrected chi connectivity index (χ0v) is 18.1. The van der Waals surface area contributed by atoms with E-state index in [0.29, 0.717) is 34.0 Å². The number of nitro benzene ring substituents is 1. The molecule has 0 fully saturated rings. The van der Waals surface area contributed by atoms with E-state index in [1.807, 2.05) is 18.2 Å². The number of non-ortho nitro benzene ring substituents is 1. The van der Waals surface area contributed by atoms with Crippen molar-refractivity contribution in [2.45, 2.75) is 24.7 Å². The Morgan fingerprint density at radius 1 is 1.19 bits per heavy atom. The van der Waals surface area contributed by atoms with Crippen molar-refractivity contribution in [3.8, 4) is 0 Å². The van der Waals surface area contributed by atoms with E-state index in [-0.39, 0.29) is 23.8 Å². The van der Waals surface area contributed by atoms with E-state index in [2.05, 4.69) is 11.9 Å². The number of ether oxygens (including phenoxy) is 1. The third kappa shape index (κ3) is 3.80. The van der Waals surface area contributed by atoms with Crippen LogP contribution in [-0.2, 0) is 14.3 Å². The Kier molecular flexibility index (Phi) is 5.84. The van der Waals surface area contributed by atoms with E-state index < -0.39 is 22.7 Å². The predicted octanol–water partition coefficient (Wildman–Crippen LogP) is 4.64. The normalized spacial score (nSPS) is 22.8. The number of allylic oxidation sites excluding steroid dienone is 2. The molecule has 7 nitrogen and oxygen atoms in total. The molecular formula is C24H21ClN2O5. The number of rotatable bonds is 4. The third-order valence-electron chi connectivity index (χ3n) is 6.10. The van der Waals surface area contributed by atoms with Gasteiger partial charge < -0.3 is 10.1 Å². The van der Waals surface area contributed by atoms with E-state index in [9.17, 15) is 19.7 Å². The summed E-state index contributed by atoms with van der Waals surface area (Å²) in [6.45, 7) is 4.03. The van der Waals surface area contributed by atoms with Crippen LogP contribution in [0.25, 0.3) is 0 Å². The van der Waals surface area contributed by atoms with Crippen LogP contribution in [-0.4, -0.2) is 23.8 Å². The molecule has 1 N–H and O–H groups in total. The lowest BCUT2D eigenvalue weighted by molar-refractivity contribution is -0.384. The molecule has 2 aromatic carbocycles. The van der Waals surface area contributed by atoms with Crippen molar-refractivity contribution in [2.75, 3.05) is 7.11 Å². The predicted molar refractivity (Wildman–Crippen MR) is 119 cm³/mol. The van der Waals surface area contributed by atoms with Gasteiger partial charge in [0.25, 0.3) is 5.69 Å². The van der Waals surface area contributed by atoms with Gasteiger partial charge in [0.1, 0.15) is 5.92 Å². The Morgan fingerprint density at radius 3 is 2.50 bits per heavy atom. The molecule has 0 amide bonds. The summed E-state index contributed by atoms with van der Waals surface area (Å²) in [6, 6.07) is 13.3. The maximum atomic E-state index is 13.4. The zero-order valence-electron chi connectivity index (χ0n) is 17.3. The molecule has 32 heavy (non-hydrogen) atoms. The molecule has 3 atom stereocenters. The number of nitrogens with one attached hydrogen (secondary N) is 1. The first kappa shape index (κ1) is 21.8. The summed E-state index contributed by atoms with van der Waals surface area (Å²) in [7, 11) is 1.28. The van der Waals surface area contributed by atoms with Crippen molar-refractivity contribution in [1.29, 1.82) is 0 Å². The van der Waals surface area contributed by atoms with Crippen LogP contribution in [0.5, 0.6) is 0 Å². The number of hydrogen-bond acceptors (Lipinski definition) is 6. The molecule has 1 aliphatic carbocycles. The molecule has 0 saturated carbocycles. The molecule has 2 aromatic rings. The van der Waals surface area contributed by atoms with Gasteiger partial charge in [-0.2, -0.15) is 0 Å². The number of esters is 1. The third-order valence-corrected chi connectivity index (χ3v) is 6.45. The highest BCUT2D eigenvalue weighted by molar-refractivity contribution is 6.31. The number of hydrogen-bond donors (Lipinski definition) is 1. The minimum absolute atomic E-state index is 0.0703. The number of nitro groups is 1. The monoisotopic (exact) mass is 452 g/mol. The molecule has 1 aliphatic heterocycles. The minimum Gasteiger partial charge on any atom is -0.468 e. The molecule has 0 saturated heterocycles. The summed E-state index contributed by atoms with van der Waals surface area (Å²) < 4.78 is 5.00. The Labute approximate surface area is 189 Å². The van der Waals surface area contributed by atoms with Gasteiger partial charge in [-0.3, -0.25) is 19.7 Å². The summed E-state index contributed by atoms with van der Waals surface area (Å²) in [5, 5.41) is 14.8.